The molecule has 0 saturated heterocycles. The summed E-state index contributed by atoms with van der Waals surface area (Å²) < 4.78 is 2.48. The van der Waals surface area contributed by atoms with E-state index >= 15 is 0 Å². The molecule has 0 atom stereocenters. The molecule has 0 spiro atoms. The molecule has 0 saturated carbocycles. The van der Waals surface area contributed by atoms with Crippen LogP contribution in [0.2, 0.25) is 0 Å². The molecule has 1 heteroatoms. The van der Waals surface area contributed by atoms with Gasteiger partial charge in [-0.1, -0.05) is 48.0 Å². The number of allylic oxidation sites excluding steroid dienone is 1. The first-order chi connectivity index (χ1) is 12.6. The number of nitrogens with zero attached hydrogens (tertiary/aromatic N) is 1. The average molecular weight is 337 g/mol. The lowest BCUT2D eigenvalue weighted by Crippen LogP contribution is -2.03. The van der Waals surface area contributed by atoms with Gasteiger partial charge >= 0.3 is 0 Å². The van der Waals surface area contributed by atoms with Crippen LogP contribution in [0.5, 0.6) is 0 Å². The Morgan fingerprint density at radius 3 is 2.42 bits per heavy atom. The standard InChI is InChI=1S/C25H23N/c1-15-12-19-14-24(18(4)17(3)22(19)13-15)26-23-11-6-5-9-20(23)21-10-7-8-16(2)25(21)26/h5-11,13-14H,12H2,1-4H3. The Morgan fingerprint density at radius 1 is 0.808 bits per heavy atom. The molecule has 4 aromatic rings. The minimum atomic E-state index is 1.07. The molecule has 0 amide bonds. The van der Waals surface area contributed by atoms with Crippen LogP contribution in [0.1, 0.15) is 34.7 Å². The van der Waals surface area contributed by atoms with Gasteiger partial charge in [0.25, 0.3) is 0 Å². The van der Waals surface area contributed by atoms with Gasteiger partial charge in [-0.05, 0) is 74.1 Å². The SMILES string of the molecule is CC1=Cc2c(cc(-n3c4ccccc4c4cccc(C)c43)c(C)c2C)C1. The van der Waals surface area contributed by atoms with Crippen LogP contribution in [0, 0.1) is 20.8 Å². The van der Waals surface area contributed by atoms with E-state index in [4.69, 9.17) is 0 Å². The predicted octanol–water partition coefficient (Wildman–Crippen LogP) is 6.67. The molecular weight excluding hydrogens is 314 g/mol. The zero-order chi connectivity index (χ0) is 18.0. The summed E-state index contributed by atoms with van der Waals surface area (Å²) in [6, 6.07) is 17.8. The fourth-order valence-electron chi connectivity index (χ4n) is 4.60. The van der Waals surface area contributed by atoms with Crippen molar-refractivity contribution >= 4 is 27.9 Å². The van der Waals surface area contributed by atoms with E-state index in [2.05, 4.69) is 86.9 Å². The first kappa shape index (κ1) is 15.5. The van der Waals surface area contributed by atoms with E-state index in [9.17, 15) is 0 Å². The maximum absolute atomic E-state index is 2.48. The van der Waals surface area contributed by atoms with Crippen LogP contribution in [0.15, 0.2) is 54.1 Å². The number of para-hydroxylation sites is 2. The molecule has 5 rings (SSSR count). The summed E-state index contributed by atoms with van der Waals surface area (Å²) in [5.74, 6) is 0. The normalized spacial score (nSPS) is 13.5. The van der Waals surface area contributed by atoms with Gasteiger partial charge in [-0.3, -0.25) is 0 Å². The summed E-state index contributed by atoms with van der Waals surface area (Å²) in [4.78, 5) is 0. The highest BCUT2D eigenvalue weighted by molar-refractivity contribution is 6.10. The van der Waals surface area contributed by atoms with Crippen molar-refractivity contribution < 1.29 is 0 Å². The fraction of sp³-hybridized carbons (Fsp3) is 0.200. The van der Waals surface area contributed by atoms with Gasteiger partial charge in [-0.25, -0.2) is 0 Å². The van der Waals surface area contributed by atoms with E-state index in [0.29, 0.717) is 0 Å². The predicted molar refractivity (Wildman–Crippen MR) is 112 cm³/mol. The lowest BCUT2D eigenvalue weighted by Gasteiger charge is -2.17. The van der Waals surface area contributed by atoms with Crippen molar-refractivity contribution in [2.24, 2.45) is 0 Å². The van der Waals surface area contributed by atoms with Crippen LogP contribution >= 0.6 is 0 Å². The van der Waals surface area contributed by atoms with Crippen LogP contribution in [0.3, 0.4) is 0 Å². The largest absolute Gasteiger partial charge is 0.309 e. The molecule has 0 unspecified atom stereocenters. The number of fused-ring (bicyclic) bond motifs is 4. The van der Waals surface area contributed by atoms with Crippen molar-refractivity contribution in [3.05, 3.63) is 81.9 Å². The molecular formula is C25H23N. The van der Waals surface area contributed by atoms with Gasteiger partial charge in [0.1, 0.15) is 0 Å². The van der Waals surface area contributed by atoms with Crippen molar-refractivity contribution in [3.63, 3.8) is 0 Å². The summed E-state index contributed by atoms with van der Waals surface area (Å²) >= 11 is 0. The number of rotatable bonds is 1. The summed E-state index contributed by atoms with van der Waals surface area (Å²) in [5, 5.41) is 2.67. The monoisotopic (exact) mass is 337 g/mol. The van der Waals surface area contributed by atoms with E-state index in [0.717, 1.165) is 6.42 Å². The molecule has 1 aliphatic carbocycles. The number of hydrogen-bond acceptors (Lipinski definition) is 0. The second-order valence-corrected chi connectivity index (χ2v) is 7.71. The van der Waals surface area contributed by atoms with Crippen LogP contribution < -0.4 is 0 Å². The first-order valence-corrected chi connectivity index (χ1v) is 9.35. The quantitative estimate of drug-likeness (QED) is 0.365. The highest BCUT2D eigenvalue weighted by Gasteiger charge is 2.20. The Bertz CT molecular complexity index is 1230. The fourth-order valence-corrected chi connectivity index (χ4v) is 4.60. The summed E-state index contributed by atoms with van der Waals surface area (Å²) in [6.45, 7) is 9.00. The number of hydrogen-bond donors (Lipinski definition) is 0. The average Bonchev–Trinajstić information content (AvgIpc) is 3.17. The van der Waals surface area contributed by atoms with Crippen LogP contribution in [0.25, 0.3) is 33.6 Å². The third kappa shape index (κ3) is 1.97. The number of aryl methyl sites for hydroxylation is 1. The number of benzene rings is 3. The van der Waals surface area contributed by atoms with E-state index in [1.165, 1.54) is 60.9 Å². The molecule has 1 aliphatic rings. The van der Waals surface area contributed by atoms with Crippen molar-refractivity contribution in [2.75, 3.05) is 0 Å². The molecule has 1 aromatic heterocycles. The molecule has 0 fully saturated rings. The summed E-state index contributed by atoms with van der Waals surface area (Å²) in [6.07, 6.45) is 3.43. The minimum absolute atomic E-state index is 1.07. The maximum Gasteiger partial charge on any atom is 0.0570 e. The highest BCUT2D eigenvalue weighted by Crippen LogP contribution is 2.38. The van der Waals surface area contributed by atoms with Gasteiger partial charge < -0.3 is 4.57 Å². The Balaban J connectivity index is 1.95. The van der Waals surface area contributed by atoms with E-state index in [1.54, 1.807) is 0 Å². The lowest BCUT2D eigenvalue weighted by molar-refractivity contribution is 1.09. The van der Waals surface area contributed by atoms with E-state index in [-0.39, 0.29) is 0 Å². The van der Waals surface area contributed by atoms with Crippen molar-refractivity contribution in [3.8, 4) is 5.69 Å². The molecule has 26 heavy (non-hydrogen) atoms. The van der Waals surface area contributed by atoms with E-state index < -0.39 is 0 Å². The smallest absolute Gasteiger partial charge is 0.0570 e. The zero-order valence-electron chi connectivity index (χ0n) is 15.9. The molecule has 0 bridgehead atoms. The Labute approximate surface area is 154 Å². The van der Waals surface area contributed by atoms with Crippen LogP contribution in [-0.2, 0) is 6.42 Å². The Hall–Kier alpha value is -2.80. The van der Waals surface area contributed by atoms with Gasteiger partial charge in [0.05, 0.1) is 11.0 Å². The third-order valence-corrected chi connectivity index (χ3v) is 6.01. The van der Waals surface area contributed by atoms with Gasteiger partial charge in [0.15, 0.2) is 0 Å². The molecule has 1 heterocycles. The molecule has 0 N–H and O–H groups in total. The molecule has 3 aromatic carbocycles. The summed E-state index contributed by atoms with van der Waals surface area (Å²) in [5.41, 5.74) is 12.4. The Morgan fingerprint density at radius 2 is 1.58 bits per heavy atom. The van der Waals surface area contributed by atoms with Gasteiger partial charge in [0.2, 0.25) is 0 Å². The topological polar surface area (TPSA) is 4.93 Å². The second kappa shape index (κ2) is 5.35. The van der Waals surface area contributed by atoms with Gasteiger partial charge in [0, 0.05) is 16.5 Å². The van der Waals surface area contributed by atoms with Crippen molar-refractivity contribution in [1.82, 2.24) is 4.57 Å². The molecule has 0 aliphatic heterocycles. The summed E-state index contributed by atoms with van der Waals surface area (Å²) in [7, 11) is 0. The lowest BCUT2D eigenvalue weighted by atomic mass is 9.97. The first-order valence-electron chi connectivity index (χ1n) is 9.35. The van der Waals surface area contributed by atoms with Crippen LogP contribution in [0.4, 0.5) is 0 Å². The van der Waals surface area contributed by atoms with E-state index in [1.807, 2.05) is 0 Å². The Kier molecular flexibility index (Phi) is 3.18. The van der Waals surface area contributed by atoms with Crippen molar-refractivity contribution in [1.29, 1.82) is 0 Å². The zero-order valence-corrected chi connectivity index (χ0v) is 15.9. The number of aromatic nitrogens is 1. The van der Waals surface area contributed by atoms with Gasteiger partial charge in [-0.15, -0.1) is 0 Å². The highest BCUT2D eigenvalue weighted by atomic mass is 15.0. The minimum Gasteiger partial charge on any atom is -0.309 e. The van der Waals surface area contributed by atoms with Crippen LogP contribution in [-0.4, -0.2) is 4.57 Å². The molecule has 0 radical (unpaired) electrons. The second-order valence-electron chi connectivity index (χ2n) is 7.71. The van der Waals surface area contributed by atoms with Crippen molar-refractivity contribution in [2.45, 2.75) is 34.1 Å². The maximum atomic E-state index is 2.48. The van der Waals surface area contributed by atoms with Gasteiger partial charge in [-0.2, -0.15) is 0 Å². The third-order valence-electron chi connectivity index (χ3n) is 6.01. The molecule has 128 valence electrons. The molecule has 1 nitrogen and oxygen atoms in total.